The highest BCUT2D eigenvalue weighted by Crippen LogP contribution is 2.19. The smallest absolute Gasteiger partial charge is 0.227 e. The van der Waals surface area contributed by atoms with Gasteiger partial charge < -0.3 is 14.5 Å². The second kappa shape index (κ2) is 8.43. The van der Waals surface area contributed by atoms with Gasteiger partial charge in [0.2, 0.25) is 11.8 Å². The Labute approximate surface area is 147 Å². The fourth-order valence-electron chi connectivity index (χ4n) is 3.48. The van der Waals surface area contributed by atoms with Crippen molar-refractivity contribution in [2.24, 2.45) is 5.92 Å². The molecule has 25 heavy (non-hydrogen) atoms. The lowest BCUT2D eigenvalue weighted by atomic mass is 9.98. The lowest BCUT2D eigenvalue weighted by Gasteiger charge is -2.28. The van der Waals surface area contributed by atoms with Gasteiger partial charge in [-0.15, -0.1) is 0 Å². The van der Waals surface area contributed by atoms with Gasteiger partial charge in [-0.3, -0.25) is 9.59 Å². The van der Waals surface area contributed by atoms with Gasteiger partial charge in [-0.05, 0) is 37.0 Å². The van der Waals surface area contributed by atoms with Gasteiger partial charge >= 0.3 is 0 Å². The molecule has 2 aliphatic heterocycles. The van der Waals surface area contributed by atoms with Gasteiger partial charge in [0.05, 0.1) is 6.42 Å². The fraction of sp³-hybridized carbons (Fsp3) is 0.579. The van der Waals surface area contributed by atoms with Crippen LogP contribution >= 0.6 is 0 Å². The predicted molar refractivity (Wildman–Crippen MR) is 91.4 cm³/mol. The molecule has 1 aromatic rings. The van der Waals surface area contributed by atoms with Gasteiger partial charge in [-0.1, -0.05) is 12.1 Å². The molecule has 0 unspecified atom stereocenters. The first-order valence-corrected chi connectivity index (χ1v) is 9.02. The Morgan fingerprint density at radius 3 is 2.36 bits per heavy atom. The van der Waals surface area contributed by atoms with E-state index in [1.165, 1.54) is 12.1 Å². The molecule has 0 aromatic heterocycles. The van der Waals surface area contributed by atoms with Crippen molar-refractivity contribution in [3.05, 3.63) is 35.6 Å². The minimum absolute atomic E-state index is 0.0342. The van der Waals surface area contributed by atoms with E-state index in [0.29, 0.717) is 39.4 Å². The molecule has 0 N–H and O–H groups in total. The lowest BCUT2D eigenvalue weighted by molar-refractivity contribution is -0.139. The second-order valence-electron chi connectivity index (χ2n) is 6.75. The Hall–Kier alpha value is -1.95. The summed E-state index contributed by atoms with van der Waals surface area (Å²) in [5.74, 6) is 0.00608. The molecule has 2 heterocycles. The molecule has 136 valence electrons. The first kappa shape index (κ1) is 17.9. The van der Waals surface area contributed by atoms with Crippen LogP contribution in [0.3, 0.4) is 0 Å². The highest BCUT2D eigenvalue weighted by atomic mass is 19.1. The SMILES string of the molecule is O=C(Cc1ccc(F)cc1)N1CCCN(C(=O)C2CCOCC2)CC1. The lowest BCUT2D eigenvalue weighted by Crippen LogP contribution is -2.41. The first-order chi connectivity index (χ1) is 12.1. The van der Waals surface area contributed by atoms with E-state index in [9.17, 15) is 14.0 Å². The van der Waals surface area contributed by atoms with E-state index in [-0.39, 0.29) is 30.0 Å². The van der Waals surface area contributed by atoms with Crippen LogP contribution in [0.5, 0.6) is 0 Å². The molecule has 2 amide bonds. The van der Waals surface area contributed by atoms with E-state index in [2.05, 4.69) is 0 Å². The Morgan fingerprint density at radius 2 is 1.64 bits per heavy atom. The van der Waals surface area contributed by atoms with Crippen LogP contribution in [0.15, 0.2) is 24.3 Å². The molecule has 2 fully saturated rings. The van der Waals surface area contributed by atoms with Crippen LogP contribution in [-0.2, 0) is 20.7 Å². The van der Waals surface area contributed by atoms with E-state index in [4.69, 9.17) is 4.74 Å². The Bertz CT molecular complexity index is 599. The number of hydrogen-bond acceptors (Lipinski definition) is 3. The monoisotopic (exact) mass is 348 g/mol. The van der Waals surface area contributed by atoms with Crippen molar-refractivity contribution in [2.75, 3.05) is 39.4 Å². The molecular weight excluding hydrogens is 323 g/mol. The van der Waals surface area contributed by atoms with Crippen molar-refractivity contribution >= 4 is 11.8 Å². The molecule has 0 bridgehead atoms. The van der Waals surface area contributed by atoms with E-state index in [1.807, 2.05) is 9.80 Å². The normalized spacial score (nSPS) is 19.6. The van der Waals surface area contributed by atoms with Gasteiger partial charge in [-0.2, -0.15) is 0 Å². The molecule has 3 rings (SSSR count). The number of amides is 2. The molecule has 5 nitrogen and oxygen atoms in total. The highest BCUT2D eigenvalue weighted by Gasteiger charge is 2.28. The minimum atomic E-state index is -0.298. The summed E-state index contributed by atoms with van der Waals surface area (Å²) in [4.78, 5) is 28.9. The number of ether oxygens (including phenoxy) is 1. The molecule has 6 heteroatoms. The molecule has 2 saturated heterocycles. The third-order valence-corrected chi connectivity index (χ3v) is 5.00. The number of nitrogens with zero attached hydrogens (tertiary/aromatic N) is 2. The van der Waals surface area contributed by atoms with Crippen molar-refractivity contribution < 1.29 is 18.7 Å². The summed E-state index contributed by atoms with van der Waals surface area (Å²) >= 11 is 0. The molecule has 2 aliphatic rings. The second-order valence-corrected chi connectivity index (χ2v) is 6.75. The van der Waals surface area contributed by atoms with E-state index in [0.717, 1.165) is 24.8 Å². The average molecular weight is 348 g/mol. The zero-order valence-corrected chi connectivity index (χ0v) is 14.5. The Kier molecular flexibility index (Phi) is 6.02. The Morgan fingerprint density at radius 1 is 1.00 bits per heavy atom. The van der Waals surface area contributed by atoms with Crippen LogP contribution in [0.25, 0.3) is 0 Å². The third-order valence-electron chi connectivity index (χ3n) is 5.00. The van der Waals surface area contributed by atoms with Gasteiger partial charge in [0.1, 0.15) is 5.82 Å². The Balaban J connectivity index is 1.52. The largest absolute Gasteiger partial charge is 0.381 e. The minimum Gasteiger partial charge on any atom is -0.381 e. The summed E-state index contributed by atoms with van der Waals surface area (Å²) in [5, 5.41) is 0. The zero-order valence-electron chi connectivity index (χ0n) is 14.5. The number of carbonyl (C=O) groups is 2. The van der Waals surface area contributed by atoms with Crippen molar-refractivity contribution in [1.29, 1.82) is 0 Å². The van der Waals surface area contributed by atoms with Gasteiger partial charge in [0.25, 0.3) is 0 Å². The van der Waals surface area contributed by atoms with Crippen molar-refractivity contribution in [2.45, 2.75) is 25.7 Å². The molecule has 0 spiro atoms. The number of rotatable bonds is 3. The van der Waals surface area contributed by atoms with Crippen LogP contribution < -0.4 is 0 Å². The van der Waals surface area contributed by atoms with E-state index in [1.54, 1.807) is 12.1 Å². The maximum atomic E-state index is 13.0. The number of halogens is 1. The maximum Gasteiger partial charge on any atom is 0.227 e. The molecule has 0 atom stereocenters. The summed E-state index contributed by atoms with van der Waals surface area (Å²) in [7, 11) is 0. The zero-order chi connectivity index (χ0) is 17.6. The molecule has 0 aliphatic carbocycles. The molecule has 0 saturated carbocycles. The van der Waals surface area contributed by atoms with Gasteiger partial charge in [-0.25, -0.2) is 4.39 Å². The number of benzene rings is 1. The van der Waals surface area contributed by atoms with E-state index < -0.39 is 0 Å². The molecule has 1 aromatic carbocycles. The highest BCUT2D eigenvalue weighted by molar-refractivity contribution is 5.80. The van der Waals surface area contributed by atoms with Crippen LogP contribution in [0.4, 0.5) is 4.39 Å². The van der Waals surface area contributed by atoms with Crippen molar-refractivity contribution in [1.82, 2.24) is 9.80 Å². The summed E-state index contributed by atoms with van der Waals surface area (Å²) in [6.07, 6.45) is 2.66. The summed E-state index contributed by atoms with van der Waals surface area (Å²) in [6, 6.07) is 6.04. The maximum absolute atomic E-state index is 13.0. The molecular formula is C19H25FN2O3. The topological polar surface area (TPSA) is 49.9 Å². The van der Waals surface area contributed by atoms with Crippen LogP contribution in [-0.4, -0.2) is 61.0 Å². The summed E-state index contributed by atoms with van der Waals surface area (Å²) < 4.78 is 18.3. The quantitative estimate of drug-likeness (QED) is 0.838. The van der Waals surface area contributed by atoms with Crippen molar-refractivity contribution in [3.63, 3.8) is 0 Å². The summed E-state index contributed by atoms with van der Waals surface area (Å²) in [5.41, 5.74) is 0.811. The van der Waals surface area contributed by atoms with Crippen molar-refractivity contribution in [3.8, 4) is 0 Å². The number of carbonyl (C=O) groups excluding carboxylic acids is 2. The molecule has 0 radical (unpaired) electrons. The van der Waals surface area contributed by atoms with Crippen LogP contribution in [0.1, 0.15) is 24.8 Å². The van der Waals surface area contributed by atoms with Gasteiger partial charge in [0, 0.05) is 45.3 Å². The van der Waals surface area contributed by atoms with Gasteiger partial charge in [0.15, 0.2) is 0 Å². The van der Waals surface area contributed by atoms with Crippen LogP contribution in [0.2, 0.25) is 0 Å². The summed E-state index contributed by atoms with van der Waals surface area (Å²) in [6.45, 7) is 3.84. The predicted octanol–water partition coefficient (Wildman–Crippen LogP) is 1.86. The number of hydrogen-bond donors (Lipinski definition) is 0. The van der Waals surface area contributed by atoms with Crippen LogP contribution in [0, 0.1) is 11.7 Å². The average Bonchev–Trinajstić information content (AvgIpc) is 2.90. The standard InChI is InChI=1S/C19H25FN2O3/c20-17-4-2-15(3-5-17)14-18(23)21-8-1-9-22(11-10-21)19(24)16-6-12-25-13-7-16/h2-5,16H,1,6-14H2. The van der Waals surface area contributed by atoms with E-state index >= 15 is 0 Å². The fourth-order valence-corrected chi connectivity index (χ4v) is 3.48. The first-order valence-electron chi connectivity index (χ1n) is 9.02. The third kappa shape index (κ3) is 4.78.